The number of nitrogens with two attached hydrogens (primary N) is 1. The van der Waals surface area contributed by atoms with Gasteiger partial charge in [0.05, 0.1) is 21.2 Å². The SMILES string of the molecule is CSc1nc(C(=O)Nc2cc(Cl)c(N)c(Cl)c2)c2ccccn12. The van der Waals surface area contributed by atoms with Crippen LogP contribution >= 0.6 is 35.0 Å². The number of nitrogen functional groups attached to an aromatic ring is 1. The summed E-state index contributed by atoms with van der Waals surface area (Å²) < 4.78 is 1.86. The van der Waals surface area contributed by atoms with E-state index in [1.165, 1.54) is 11.8 Å². The summed E-state index contributed by atoms with van der Waals surface area (Å²) in [6.07, 6.45) is 3.77. The number of nitrogens with one attached hydrogen (secondary N) is 1. The third kappa shape index (κ3) is 2.97. The van der Waals surface area contributed by atoms with E-state index in [1.54, 1.807) is 12.1 Å². The van der Waals surface area contributed by atoms with Crippen molar-refractivity contribution < 1.29 is 4.79 Å². The Kier molecular flexibility index (Phi) is 4.39. The molecule has 0 unspecified atom stereocenters. The van der Waals surface area contributed by atoms with E-state index in [-0.39, 0.29) is 21.6 Å². The highest BCUT2D eigenvalue weighted by atomic mass is 35.5. The topological polar surface area (TPSA) is 72.4 Å². The Hall–Kier alpha value is -1.89. The molecule has 0 saturated carbocycles. The molecule has 5 nitrogen and oxygen atoms in total. The number of aromatic nitrogens is 2. The lowest BCUT2D eigenvalue weighted by atomic mass is 10.2. The quantitative estimate of drug-likeness (QED) is 0.538. The number of halogens is 2. The first kappa shape index (κ1) is 16.0. The Bertz CT molecular complexity index is 887. The van der Waals surface area contributed by atoms with Crippen molar-refractivity contribution in [3.63, 3.8) is 0 Å². The van der Waals surface area contributed by atoms with E-state index >= 15 is 0 Å². The molecule has 1 aromatic carbocycles. The van der Waals surface area contributed by atoms with Gasteiger partial charge in [-0.15, -0.1) is 0 Å². The molecular formula is C15H12Cl2N4OS. The predicted octanol–water partition coefficient (Wildman–Crippen LogP) is 4.20. The number of imidazole rings is 1. The van der Waals surface area contributed by atoms with Crippen LogP contribution in [0, 0.1) is 0 Å². The third-order valence-corrected chi connectivity index (χ3v) is 4.53. The molecule has 2 aromatic heterocycles. The number of carbonyl (C=O) groups is 1. The highest BCUT2D eigenvalue weighted by molar-refractivity contribution is 7.98. The van der Waals surface area contributed by atoms with Crippen molar-refractivity contribution in [3.05, 3.63) is 52.3 Å². The van der Waals surface area contributed by atoms with E-state index in [4.69, 9.17) is 28.9 Å². The number of thioether (sulfide) groups is 1. The summed E-state index contributed by atoms with van der Waals surface area (Å²) >= 11 is 13.4. The van der Waals surface area contributed by atoms with E-state index in [9.17, 15) is 4.79 Å². The van der Waals surface area contributed by atoms with Crippen LogP contribution in [0.1, 0.15) is 10.5 Å². The zero-order valence-corrected chi connectivity index (χ0v) is 14.3. The molecule has 3 aromatic rings. The van der Waals surface area contributed by atoms with Crippen LogP contribution in [0.25, 0.3) is 5.52 Å². The van der Waals surface area contributed by atoms with Gasteiger partial charge >= 0.3 is 0 Å². The maximum absolute atomic E-state index is 12.6. The van der Waals surface area contributed by atoms with Crippen molar-refractivity contribution in [3.8, 4) is 0 Å². The van der Waals surface area contributed by atoms with Gasteiger partial charge in [-0.2, -0.15) is 0 Å². The Balaban J connectivity index is 1.98. The van der Waals surface area contributed by atoms with Gasteiger partial charge in [-0.25, -0.2) is 4.98 Å². The lowest BCUT2D eigenvalue weighted by Gasteiger charge is -2.07. The Morgan fingerprint density at radius 2 is 2.00 bits per heavy atom. The van der Waals surface area contributed by atoms with Crippen molar-refractivity contribution >= 4 is 57.8 Å². The number of fused-ring (bicyclic) bond motifs is 1. The number of benzene rings is 1. The maximum atomic E-state index is 12.6. The first-order valence-corrected chi connectivity index (χ1v) is 8.56. The first-order chi connectivity index (χ1) is 11.0. The molecule has 118 valence electrons. The number of amides is 1. The Labute approximate surface area is 146 Å². The molecule has 23 heavy (non-hydrogen) atoms. The molecule has 0 saturated heterocycles. The van der Waals surface area contributed by atoms with Crippen LogP contribution in [-0.2, 0) is 0 Å². The average molecular weight is 367 g/mol. The molecule has 3 rings (SSSR count). The van der Waals surface area contributed by atoms with E-state index in [1.807, 2.05) is 35.1 Å². The minimum atomic E-state index is -0.342. The fourth-order valence-corrected chi connectivity index (χ4v) is 3.19. The number of nitrogens with zero attached hydrogens (tertiary/aromatic N) is 2. The molecule has 0 fully saturated rings. The van der Waals surface area contributed by atoms with Gasteiger partial charge in [0, 0.05) is 11.9 Å². The van der Waals surface area contributed by atoms with Crippen molar-refractivity contribution in [1.82, 2.24) is 9.38 Å². The molecule has 8 heteroatoms. The fourth-order valence-electron chi connectivity index (χ4n) is 2.17. The second kappa shape index (κ2) is 6.31. The van der Waals surface area contributed by atoms with Gasteiger partial charge in [-0.3, -0.25) is 9.20 Å². The summed E-state index contributed by atoms with van der Waals surface area (Å²) in [7, 11) is 0. The third-order valence-electron chi connectivity index (χ3n) is 3.25. The second-order valence-corrected chi connectivity index (χ2v) is 6.30. The summed E-state index contributed by atoms with van der Waals surface area (Å²) in [4.78, 5) is 16.9. The Morgan fingerprint density at radius 1 is 1.30 bits per heavy atom. The molecule has 2 heterocycles. The van der Waals surface area contributed by atoms with Gasteiger partial charge in [-0.1, -0.05) is 41.0 Å². The molecule has 3 N–H and O–H groups in total. The van der Waals surface area contributed by atoms with Crippen LogP contribution in [0.4, 0.5) is 11.4 Å². The molecule has 0 spiro atoms. The lowest BCUT2D eigenvalue weighted by Crippen LogP contribution is -2.13. The van der Waals surface area contributed by atoms with Crippen LogP contribution in [-0.4, -0.2) is 21.5 Å². The number of hydrogen-bond acceptors (Lipinski definition) is 4. The van der Waals surface area contributed by atoms with E-state index in [0.717, 1.165) is 10.7 Å². The van der Waals surface area contributed by atoms with Crippen LogP contribution in [0.3, 0.4) is 0 Å². The molecular weight excluding hydrogens is 355 g/mol. The summed E-state index contributed by atoms with van der Waals surface area (Å²) in [5, 5.41) is 4.05. The first-order valence-electron chi connectivity index (χ1n) is 6.58. The van der Waals surface area contributed by atoms with Gasteiger partial charge in [-0.05, 0) is 30.5 Å². The average Bonchev–Trinajstić information content (AvgIpc) is 2.91. The van der Waals surface area contributed by atoms with E-state index in [2.05, 4.69) is 10.3 Å². The predicted molar refractivity (Wildman–Crippen MR) is 95.8 cm³/mol. The lowest BCUT2D eigenvalue weighted by molar-refractivity contribution is 0.102. The summed E-state index contributed by atoms with van der Waals surface area (Å²) in [5.41, 5.74) is 7.49. The van der Waals surface area contributed by atoms with Gasteiger partial charge < -0.3 is 11.1 Å². The van der Waals surface area contributed by atoms with Crippen LogP contribution in [0.5, 0.6) is 0 Å². The van der Waals surface area contributed by atoms with Crippen LogP contribution < -0.4 is 11.1 Å². The van der Waals surface area contributed by atoms with Crippen molar-refractivity contribution in [1.29, 1.82) is 0 Å². The van der Waals surface area contributed by atoms with E-state index < -0.39 is 0 Å². The molecule has 0 bridgehead atoms. The summed E-state index contributed by atoms with van der Waals surface area (Å²) in [6.45, 7) is 0. The number of anilines is 2. The van der Waals surface area contributed by atoms with Crippen molar-refractivity contribution in [2.45, 2.75) is 5.16 Å². The van der Waals surface area contributed by atoms with Crippen molar-refractivity contribution in [2.75, 3.05) is 17.3 Å². The molecule has 0 aliphatic heterocycles. The normalized spacial score (nSPS) is 10.9. The van der Waals surface area contributed by atoms with Gasteiger partial charge in [0.15, 0.2) is 10.9 Å². The minimum absolute atomic E-state index is 0.281. The van der Waals surface area contributed by atoms with Gasteiger partial charge in [0.25, 0.3) is 5.91 Å². The van der Waals surface area contributed by atoms with Crippen molar-refractivity contribution in [2.24, 2.45) is 0 Å². The molecule has 1 amide bonds. The molecule has 0 radical (unpaired) electrons. The number of pyridine rings is 1. The van der Waals surface area contributed by atoms with Gasteiger partial charge in [0.2, 0.25) is 0 Å². The number of hydrogen-bond donors (Lipinski definition) is 2. The zero-order valence-electron chi connectivity index (χ0n) is 12.0. The Morgan fingerprint density at radius 3 is 2.65 bits per heavy atom. The van der Waals surface area contributed by atoms with E-state index in [0.29, 0.717) is 11.4 Å². The summed E-state index contributed by atoms with van der Waals surface area (Å²) in [6, 6.07) is 8.68. The van der Waals surface area contributed by atoms with Gasteiger partial charge in [0.1, 0.15) is 0 Å². The molecule has 0 aliphatic rings. The smallest absolute Gasteiger partial charge is 0.276 e. The zero-order chi connectivity index (χ0) is 16.6. The highest BCUT2D eigenvalue weighted by Crippen LogP contribution is 2.31. The maximum Gasteiger partial charge on any atom is 0.276 e. The summed E-state index contributed by atoms with van der Waals surface area (Å²) in [5.74, 6) is -0.342. The second-order valence-electron chi connectivity index (χ2n) is 4.71. The standard InChI is InChI=1S/C15H12Cl2N4OS/c1-23-15-20-13(11-4-2-3-5-21(11)15)14(22)19-8-6-9(16)12(18)10(17)7-8/h2-7H,18H2,1H3,(H,19,22). The van der Waals surface area contributed by atoms with Crippen LogP contribution in [0.15, 0.2) is 41.7 Å². The highest BCUT2D eigenvalue weighted by Gasteiger charge is 2.17. The monoisotopic (exact) mass is 366 g/mol. The van der Waals surface area contributed by atoms with Crippen LogP contribution in [0.2, 0.25) is 10.0 Å². The molecule has 0 atom stereocenters. The minimum Gasteiger partial charge on any atom is -0.396 e. The number of rotatable bonds is 3. The molecule has 0 aliphatic carbocycles. The fraction of sp³-hybridized carbons (Fsp3) is 0.0667. The number of carbonyl (C=O) groups excluding carboxylic acids is 1. The largest absolute Gasteiger partial charge is 0.396 e.